The number of pyridine rings is 1. The summed E-state index contributed by atoms with van der Waals surface area (Å²) < 4.78 is 10.7. The molecule has 6 aromatic carbocycles. The molecule has 9 aromatic rings. The first-order valence-corrected chi connectivity index (χ1v) is 17.1. The quantitative estimate of drug-likeness (QED) is 0.171. The Balaban J connectivity index is 1.10. The van der Waals surface area contributed by atoms with Gasteiger partial charge in [0.05, 0.1) is 22.9 Å². The highest BCUT2D eigenvalue weighted by Crippen LogP contribution is 2.41. The molecular weight excluding hydrogens is 625 g/mol. The molecule has 0 N–H and O–H groups in total. The van der Waals surface area contributed by atoms with E-state index >= 15 is 0 Å². The van der Waals surface area contributed by atoms with Crippen molar-refractivity contribution in [2.45, 2.75) is 13.8 Å². The van der Waals surface area contributed by atoms with Gasteiger partial charge in [-0.1, -0.05) is 97.1 Å². The summed E-state index contributed by atoms with van der Waals surface area (Å²) in [6.45, 7) is 4.25. The second kappa shape index (κ2) is 12.6. The number of ether oxygens (including phenoxy) is 1. The number of benzene rings is 6. The van der Waals surface area contributed by atoms with Crippen LogP contribution in [0.15, 0.2) is 170 Å². The van der Waals surface area contributed by atoms with Gasteiger partial charge in [-0.05, 0) is 89.7 Å². The number of rotatable bonds is 7. The van der Waals surface area contributed by atoms with E-state index in [1.54, 1.807) is 0 Å². The number of fused-ring (bicyclic) bond motifs is 3. The molecule has 244 valence electrons. The Kier molecular flexibility index (Phi) is 7.51. The molecule has 0 saturated heterocycles. The van der Waals surface area contributed by atoms with Crippen molar-refractivity contribution in [2.24, 2.45) is 0 Å². The molecule has 0 amide bonds. The largest absolute Gasteiger partial charge is 0.457 e. The molecule has 0 aliphatic carbocycles. The molecular formula is C46H34N4O. The van der Waals surface area contributed by atoms with Crippen LogP contribution < -0.4 is 4.74 Å². The fourth-order valence-corrected chi connectivity index (χ4v) is 7.11. The van der Waals surface area contributed by atoms with E-state index in [9.17, 15) is 0 Å². The first-order chi connectivity index (χ1) is 25.1. The molecule has 0 fully saturated rings. The standard InChI is InChI=1S/C46H34N4O/c1-31-22-23-47-45(26-31)50-43-19-10-9-18-39(43)40-21-20-38(28-44(40)50)51-37-17-11-16-36(27-37)49-30-35(29-48-49)46-41(33-12-5-3-6-13-33)24-32(2)25-42(46)34-14-7-4-8-15-34/h3-30H,1-2H3. The summed E-state index contributed by atoms with van der Waals surface area (Å²) in [5, 5.41) is 7.20. The fourth-order valence-electron chi connectivity index (χ4n) is 7.11. The monoisotopic (exact) mass is 658 g/mol. The molecule has 9 rings (SSSR count). The predicted molar refractivity (Wildman–Crippen MR) is 208 cm³/mol. The maximum Gasteiger partial charge on any atom is 0.137 e. The maximum atomic E-state index is 6.54. The average molecular weight is 659 g/mol. The lowest BCUT2D eigenvalue weighted by atomic mass is 9.87. The van der Waals surface area contributed by atoms with E-state index in [-0.39, 0.29) is 0 Å². The summed E-state index contributed by atoms with van der Waals surface area (Å²) >= 11 is 0. The highest BCUT2D eigenvalue weighted by atomic mass is 16.5. The Morgan fingerprint density at radius 1 is 0.529 bits per heavy atom. The molecule has 0 aliphatic heterocycles. The fraction of sp³-hybridized carbons (Fsp3) is 0.0435. The van der Waals surface area contributed by atoms with Crippen molar-refractivity contribution >= 4 is 21.8 Å². The van der Waals surface area contributed by atoms with Crippen LogP contribution in [-0.2, 0) is 0 Å². The topological polar surface area (TPSA) is 44.9 Å². The van der Waals surface area contributed by atoms with Crippen LogP contribution in [0.25, 0.3) is 66.7 Å². The minimum absolute atomic E-state index is 0.727. The lowest BCUT2D eigenvalue weighted by Gasteiger charge is -2.16. The predicted octanol–water partition coefficient (Wildman–Crippen LogP) is 11.8. The van der Waals surface area contributed by atoms with Crippen molar-refractivity contribution in [1.29, 1.82) is 0 Å². The summed E-state index contributed by atoms with van der Waals surface area (Å²) in [6, 6.07) is 52.7. The van der Waals surface area contributed by atoms with Crippen molar-refractivity contribution in [1.82, 2.24) is 19.3 Å². The Labute approximate surface area is 296 Å². The van der Waals surface area contributed by atoms with E-state index in [1.807, 2.05) is 47.4 Å². The van der Waals surface area contributed by atoms with Crippen LogP contribution in [0, 0.1) is 13.8 Å². The van der Waals surface area contributed by atoms with Crippen molar-refractivity contribution in [3.63, 3.8) is 0 Å². The molecule has 0 saturated carbocycles. The Morgan fingerprint density at radius 3 is 1.96 bits per heavy atom. The second-order valence-corrected chi connectivity index (χ2v) is 13.0. The number of aryl methyl sites for hydroxylation is 2. The van der Waals surface area contributed by atoms with Crippen LogP contribution >= 0.6 is 0 Å². The third kappa shape index (κ3) is 5.65. The zero-order valence-corrected chi connectivity index (χ0v) is 28.4. The lowest BCUT2D eigenvalue weighted by Crippen LogP contribution is -1.97. The van der Waals surface area contributed by atoms with Crippen LogP contribution in [0.3, 0.4) is 0 Å². The minimum Gasteiger partial charge on any atom is -0.457 e. The van der Waals surface area contributed by atoms with Gasteiger partial charge in [0.1, 0.15) is 17.3 Å². The Bertz CT molecular complexity index is 2630. The minimum atomic E-state index is 0.727. The second-order valence-electron chi connectivity index (χ2n) is 13.0. The molecule has 0 bridgehead atoms. The smallest absolute Gasteiger partial charge is 0.137 e. The van der Waals surface area contributed by atoms with Crippen LogP contribution in [0.4, 0.5) is 0 Å². The van der Waals surface area contributed by atoms with E-state index < -0.39 is 0 Å². The maximum absolute atomic E-state index is 6.54. The number of para-hydroxylation sites is 1. The van der Waals surface area contributed by atoms with E-state index in [0.29, 0.717) is 0 Å². The van der Waals surface area contributed by atoms with Crippen LogP contribution in [0.5, 0.6) is 11.5 Å². The average Bonchev–Trinajstić information content (AvgIpc) is 3.79. The third-order valence-corrected chi connectivity index (χ3v) is 9.42. The molecule has 0 aliphatic rings. The normalized spacial score (nSPS) is 11.3. The summed E-state index contributed by atoms with van der Waals surface area (Å²) in [5.74, 6) is 2.36. The molecule has 51 heavy (non-hydrogen) atoms. The molecule has 0 radical (unpaired) electrons. The summed E-state index contributed by atoms with van der Waals surface area (Å²) in [7, 11) is 0. The first kappa shape index (κ1) is 30.3. The summed E-state index contributed by atoms with van der Waals surface area (Å²) in [6.07, 6.45) is 5.94. The number of hydrogen-bond donors (Lipinski definition) is 0. The Morgan fingerprint density at radius 2 is 1.22 bits per heavy atom. The van der Waals surface area contributed by atoms with Gasteiger partial charge in [0.25, 0.3) is 0 Å². The van der Waals surface area contributed by atoms with Gasteiger partial charge in [-0.3, -0.25) is 4.57 Å². The summed E-state index contributed by atoms with van der Waals surface area (Å²) in [4.78, 5) is 4.73. The van der Waals surface area contributed by atoms with Gasteiger partial charge in [-0.25, -0.2) is 9.67 Å². The Hall–Kier alpha value is -6.72. The van der Waals surface area contributed by atoms with Gasteiger partial charge in [-0.15, -0.1) is 0 Å². The highest BCUT2D eigenvalue weighted by Gasteiger charge is 2.18. The van der Waals surface area contributed by atoms with Gasteiger partial charge in [0.15, 0.2) is 0 Å². The molecule has 0 atom stereocenters. The van der Waals surface area contributed by atoms with Crippen LogP contribution in [-0.4, -0.2) is 19.3 Å². The zero-order valence-electron chi connectivity index (χ0n) is 28.4. The lowest BCUT2D eigenvalue weighted by molar-refractivity contribution is 0.483. The van der Waals surface area contributed by atoms with Gasteiger partial charge in [-0.2, -0.15) is 5.10 Å². The molecule has 0 spiro atoms. The van der Waals surface area contributed by atoms with Gasteiger partial charge >= 0.3 is 0 Å². The molecule has 5 heteroatoms. The van der Waals surface area contributed by atoms with E-state index in [1.165, 1.54) is 33.2 Å². The molecule has 3 aromatic heterocycles. The highest BCUT2D eigenvalue weighted by molar-refractivity contribution is 6.09. The first-order valence-electron chi connectivity index (χ1n) is 17.1. The van der Waals surface area contributed by atoms with Crippen LogP contribution in [0.1, 0.15) is 11.1 Å². The molecule has 0 unspecified atom stereocenters. The van der Waals surface area contributed by atoms with E-state index in [2.05, 4.69) is 146 Å². The number of nitrogens with zero attached hydrogens (tertiary/aromatic N) is 4. The van der Waals surface area contributed by atoms with E-state index in [0.717, 1.165) is 56.1 Å². The van der Waals surface area contributed by atoms with Crippen molar-refractivity contribution in [3.8, 4) is 56.4 Å². The van der Waals surface area contributed by atoms with E-state index in [4.69, 9.17) is 14.8 Å². The van der Waals surface area contributed by atoms with Crippen molar-refractivity contribution in [2.75, 3.05) is 0 Å². The SMILES string of the molecule is Cc1ccnc(-n2c3ccccc3c3ccc(Oc4cccc(-n5cc(-c6c(-c7ccccc7)cc(C)cc6-c6ccccc6)cn5)c4)cc32)c1. The van der Waals surface area contributed by atoms with Gasteiger partial charge < -0.3 is 4.74 Å². The summed E-state index contributed by atoms with van der Waals surface area (Å²) in [5.41, 5.74) is 12.3. The zero-order chi connectivity index (χ0) is 34.3. The molecule has 5 nitrogen and oxygen atoms in total. The van der Waals surface area contributed by atoms with Gasteiger partial charge in [0.2, 0.25) is 0 Å². The van der Waals surface area contributed by atoms with Crippen molar-refractivity contribution < 1.29 is 4.74 Å². The number of aromatic nitrogens is 4. The van der Waals surface area contributed by atoms with Crippen molar-refractivity contribution in [3.05, 3.63) is 181 Å². The third-order valence-electron chi connectivity index (χ3n) is 9.42. The molecule has 3 heterocycles. The number of hydrogen-bond acceptors (Lipinski definition) is 3. The van der Waals surface area contributed by atoms with Gasteiger partial charge in [0, 0.05) is 46.4 Å². The van der Waals surface area contributed by atoms with Crippen LogP contribution in [0.2, 0.25) is 0 Å².